The molecule has 43 heavy (non-hydrogen) atoms. The van der Waals surface area contributed by atoms with Gasteiger partial charge in [0.15, 0.2) is 11.6 Å². The van der Waals surface area contributed by atoms with Gasteiger partial charge in [-0.25, -0.2) is 10.4 Å². The molecule has 2 aromatic rings. The van der Waals surface area contributed by atoms with E-state index in [0.717, 1.165) is 6.42 Å². The molecule has 3 N–H and O–H groups in total. The number of carbonyl (C=O) groups excluding carboxylic acids is 2. The molecule has 2 aromatic carbocycles. The van der Waals surface area contributed by atoms with Crippen molar-refractivity contribution in [3.8, 4) is 11.5 Å². The Morgan fingerprint density at radius 1 is 1.05 bits per heavy atom. The Balaban J connectivity index is 2.01. The zero-order valence-corrected chi connectivity index (χ0v) is 26.5. The molecule has 10 heteroatoms. The van der Waals surface area contributed by atoms with Crippen molar-refractivity contribution in [2.75, 3.05) is 26.9 Å². The predicted molar refractivity (Wildman–Crippen MR) is 165 cm³/mol. The first-order valence-corrected chi connectivity index (χ1v) is 14.8. The molecule has 0 unspecified atom stereocenters. The molecule has 2 atom stereocenters. The summed E-state index contributed by atoms with van der Waals surface area (Å²) in [5.41, 5.74) is 5.13. The highest BCUT2D eigenvalue weighted by atomic mass is 16.6. The van der Waals surface area contributed by atoms with E-state index < -0.39 is 29.1 Å². The molecule has 0 radical (unpaired) electrons. The van der Waals surface area contributed by atoms with Crippen molar-refractivity contribution in [1.29, 1.82) is 0 Å². The lowest BCUT2D eigenvalue weighted by Crippen LogP contribution is -2.53. The highest BCUT2D eigenvalue weighted by molar-refractivity contribution is 6.01. The predicted octanol–water partition coefficient (Wildman–Crippen LogP) is 4.89. The molecule has 0 bridgehead atoms. The lowest BCUT2D eigenvalue weighted by molar-refractivity contribution is -0.155. The van der Waals surface area contributed by atoms with Gasteiger partial charge in [-0.15, -0.1) is 0 Å². The third-order valence-electron chi connectivity index (χ3n) is 6.76. The number of aliphatic hydroxyl groups excluding tert-OH is 1. The average Bonchev–Trinajstić information content (AvgIpc) is 3.34. The number of rotatable bonds is 14. The van der Waals surface area contributed by atoms with Crippen LogP contribution in [0, 0.1) is 5.41 Å². The van der Waals surface area contributed by atoms with E-state index in [4.69, 9.17) is 29.0 Å². The smallest absolute Gasteiger partial charge is 0.306 e. The number of amides is 1. The normalized spacial score (nSPS) is 18.4. The van der Waals surface area contributed by atoms with Crippen LogP contribution in [-0.2, 0) is 19.1 Å². The number of hydrogen-bond donors (Lipinski definition) is 3. The standard InChI is InChI=1S/C33H47N3O7/c1-31(2,3)18-19-34-36-30(39)33(17-16-27(38)43-32(4,5)6)28(24-10-8-11-26(22-24)40-7)42-29(35-33)23-12-14-25(15-13-23)41-21-9-20-37/h8,10-15,22,28,34,37H,9,16-21H2,1-7H3,(H,36,39)/t28-,33-/m0/s1. The number of carbonyl (C=O) groups is 2. The molecule has 1 heterocycles. The highest BCUT2D eigenvalue weighted by Gasteiger charge is 2.53. The summed E-state index contributed by atoms with van der Waals surface area (Å²) in [6, 6.07) is 14.5. The number of hydrazine groups is 1. The monoisotopic (exact) mass is 597 g/mol. The van der Waals surface area contributed by atoms with Crippen molar-refractivity contribution >= 4 is 17.8 Å². The topological polar surface area (TPSA) is 128 Å². The third kappa shape index (κ3) is 9.96. The number of esters is 1. The van der Waals surface area contributed by atoms with E-state index in [1.165, 1.54) is 0 Å². The van der Waals surface area contributed by atoms with Crippen molar-refractivity contribution in [1.82, 2.24) is 10.9 Å². The van der Waals surface area contributed by atoms with Crippen LogP contribution in [0.15, 0.2) is 53.5 Å². The maximum atomic E-state index is 14.1. The van der Waals surface area contributed by atoms with Gasteiger partial charge in [0.1, 0.15) is 17.1 Å². The first-order valence-electron chi connectivity index (χ1n) is 14.8. The molecule has 1 amide bonds. The van der Waals surface area contributed by atoms with Gasteiger partial charge in [0.05, 0.1) is 13.7 Å². The summed E-state index contributed by atoms with van der Waals surface area (Å²) in [7, 11) is 1.57. The van der Waals surface area contributed by atoms with Gasteiger partial charge >= 0.3 is 5.97 Å². The van der Waals surface area contributed by atoms with Crippen molar-refractivity contribution in [2.24, 2.45) is 10.4 Å². The zero-order chi connectivity index (χ0) is 31.7. The molecule has 10 nitrogen and oxygen atoms in total. The van der Waals surface area contributed by atoms with Crippen molar-refractivity contribution in [3.63, 3.8) is 0 Å². The lowest BCUT2D eigenvalue weighted by Gasteiger charge is -2.31. The zero-order valence-electron chi connectivity index (χ0n) is 26.5. The number of aliphatic hydroxyl groups is 1. The molecular weight excluding hydrogens is 550 g/mol. The summed E-state index contributed by atoms with van der Waals surface area (Å²) in [4.78, 5) is 31.9. The highest BCUT2D eigenvalue weighted by Crippen LogP contribution is 2.44. The van der Waals surface area contributed by atoms with E-state index in [2.05, 4.69) is 31.6 Å². The van der Waals surface area contributed by atoms with Crippen molar-refractivity contribution < 1.29 is 33.6 Å². The first-order chi connectivity index (χ1) is 20.3. The van der Waals surface area contributed by atoms with E-state index in [1.807, 2.05) is 24.3 Å². The molecule has 3 rings (SSSR count). The number of benzene rings is 2. The van der Waals surface area contributed by atoms with Gasteiger partial charge in [0.25, 0.3) is 5.91 Å². The van der Waals surface area contributed by atoms with Crippen LogP contribution in [-0.4, -0.2) is 60.9 Å². The molecule has 0 saturated heterocycles. The van der Waals surface area contributed by atoms with E-state index in [9.17, 15) is 9.59 Å². The molecule has 1 aliphatic heterocycles. The minimum Gasteiger partial charge on any atom is -0.497 e. The number of nitrogens with zero attached hydrogens (tertiary/aromatic N) is 1. The maximum absolute atomic E-state index is 14.1. The SMILES string of the molecule is COc1cccc([C@@H]2OC(c3ccc(OCCCO)cc3)=N[C@]2(CCC(=O)OC(C)(C)C)C(=O)NNCCC(C)(C)C)c1. The van der Waals surface area contributed by atoms with E-state index in [-0.39, 0.29) is 30.8 Å². The summed E-state index contributed by atoms with van der Waals surface area (Å²) in [5.74, 6) is 0.652. The van der Waals surface area contributed by atoms with Gasteiger partial charge in [-0.05, 0) is 81.0 Å². The fourth-order valence-electron chi connectivity index (χ4n) is 4.55. The molecule has 0 fully saturated rings. The number of ether oxygens (including phenoxy) is 4. The van der Waals surface area contributed by atoms with Crippen LogP contribution in [0.1, 0.15) is 84.5 Å². The minimum atomic E-state index is -1.50. The Morgan fingerprint density at radius 3 is 2.40 bits per heavy atom. The fourth-order valence-corrected chi connectivity index (χ4v) is 4.55. The minimum absolute atomic E-state index is 0.0441. The van der Waals surface area contributed by atoms with Crippen molar-refractivity contribution in [3.05, 3.63) is 59.7 Å². The molecule has 0 aromatic heterocycles. The second kappa shape index (κ2) is 14.7. The Kier molecular flexibility index (Phi) is 11.6. The van der Waals surface area contributed by atoms with E-state index in [1.54, 1.807) is 52.1 Å². The van der Waals surface area contributed by atoms with Gasteiger partial charge in [-0.3, -0.25) is 15.0 Å². The number of hydrogen-bond acceptors (Lipinski definition) is 9. The number of aliphatic imine (C=N–C) groups is 1. The summed E-state index contributed by atoms with van der Waals surface area (Å²) in [6.45, 7) is 12.8. The second-order valence-electron chi connectivity index (χ2n) is 12.8. The van der Waals surface area contributed by atoms with Crippen LogP contribution in [0.5, 0.6) is 11.5 Å². The van der Waals surface area contributed by atoms with E-state index >= 15 is 0 Å². The average molecular weight is 598 g/mol. The summed E-state index contributed by atoms with van der Waals surface area (Å²) < 4.78 is 23.2. The molecule has 236 valence electrons. The van der Waals surface area contributed by atoms with Crippen LogP contribution in [0.4, 0.5) is 0 Å². The first kappa shape index (κ1) is 33.9. The van der Waals surface area contributed by atoms with Crippen LogP contribution in [0.3, 0.4) is 0 Å². The Morgan fingerprint density at radius 2 is 1.77 bits per heavy atom. The second-order valence-corrected chi connectivity index (χ2v) is 12.8. The third-order valence-corrected chi connectivity index (χ3v) is 6.76. The van der Waals surface area contributed by atoms with Gasteiger partial charge in [0, 0.05) is 31.6 Å². The Bertz CT molecular complexity index is 1250. The van der Waals surface area contributed by atoms with Crippen LogP contribution in [0.2, 0.25) is 0 Å². The summed E-state index contributed by atoms with van der Waals surface area (Å²) >= 11 is 0. The quantitative estimate of drug-likeness (QED) is 0.160. The van der Waals surface area contributed by atoms with Gasteiger partial charge < -0.3 is 24.1 Å². The van der Waals surface area contributed by atoms with Crippen molar-refractivity contribution in [2.45, 2.75) is 84.5 Å². The fraction of sp³-hybridized carbons (Fsp3) is 0.545. The van der Waals surface area contributed by atoms with Gasteiger partial charge in [-0.1, -0.05) is 32.9 Å². The molecule has 0 aliphatic carbocycles. The largest absolute Gasteiger partial charge is 0.497 e. The van der Waals surface area contributed by atoms with Crippen LogP contribution >= 0.6 is 0 Å². The Hall–Kier alpha value is -3.63. The van der Waals surface area contributed by atoms with Gasteiger partial charge in [-0.2, -0.15) is 0 Å². The molecule has 1 aliphatic rings. The van der Waals surface area contributed by atoms with E-state index in [0.29, 0.717) is 42.2 Å². The Labute approximate surface area is 255 Å². The summed E-state index contributed by atoms with van der Waals surface area (Å²) in [5, 5.41) is 9.03. The summed E-state index contributed by atoms with van der Waals surface area (Å²) in [6.07, 6.45) is 0.492. The molecule has 0 saturated carbocycles. The maximum Gasteiger partial charge on any atom is 0.306 e. The molecular formula is C33H47N3O7. The molecule has 0 spiro atoms. The van der Waals surface area contributed by atoms with Crippen LogP contribution in [0.25, 0.3) is 0 Å². The van der Waals surface area contributed by atoms with Gasteiger partial charge in [0.2, 0.25) is 5.90 Å². The number of methoxy groups -OCH3 is 1. The van der Waals surface area contributed by atoms with Crippen LogP contribution < -0.4 is 20.3 Å². The number of nitrogens with one attached hydrogen (secondary N) is 2. The lowest BCUT2D eigenvalue weighted by atomic mass is 9.83.